The fourth-order valence-corrected chi connectivity index (χ4v) is 1.27. The molecule has 0 aliphatic rings. The van der Waals surface area contributed by atoms with Crippen LogP contribution < -0.4 is 4.74 Å². The third kappa shape index (κ3) is 3.69. The van der Waals surface area contributed by atoms with E-state index in [9.17, 15) is 15.2 Å². The van der Waals surface area contributed by atoms with Crippen molar-refractivity contribution in [2.75, 3.05) is 6.61 Å². The lowest BCUT2D eigenvalue weighted by molar-refractivity contribution is -0.385. The topological polar surface area (TPSA) is 92.8 Å². The van der Waals surface area contributed by atoms with Crippen molar-refractivity contribution in [3.63, 3.8) is 0 Å². The smallest absolute Gasteiger partial charge is 0.275 e. The van der Waals surface area contributed by atoms with E-state index in [1.165, 1.54) is 18.2 Å². The summed E-state index contributed by atoms with van der Waals surface area (Å²) in [6.07, 6.45) is 0.00240. The van der Waals surface area contributed by atoms with E-state index in [2.05, 4.69) is 0 Å². The molecule has 0 radical (unpaired) electrons. The molecule has 0 aliphatic heterocycles. The van der Waals surface area contributed by atoms with Gasteiger partial charge in [0.1, 0.15) is 12.4 Å². The standard InChI is InChI=1S/C11H15NO5/c1-2-9(14)7-17-10-3-4-11(12(15)16)8(5-10)6-13/h3-5,9,13-14H,2,6-7H2,1H3/t9-/m0/s1. The first-order valence-electron chi connectivity index (χ1n) is 5.27. The second kappa shape index (κ2) is 6.17. The van der Waals surface area contributed by atoms with Gasteiger partial charge in [-0.1, -0.05) is 6.92 Å². The maximum absolute atomic E-state index is 10.6. The van der Waals surface area contributed by atoms with Gasteiger partial charge in [0, 0.05) is 6.07 Å². The number of nitro benzene ring substituents is 1. The van der Waals surface area contributed by atoms with Crippen LogP contribution in [0.3, 0.4) is 0 Å². The number of nitro groups is 1. The minimum Gasteiger partial charge on any atom is -0.491 e. The molecule has 94 valence electrons. The van der Waals surface area contributed by atoms with E-state index >= 15 is 0 Å². The van der Waals surface area contributed by atoms with E-state index in [0.717, 1.165) is 0 Å². The van der Waals surface area contributed by atoms with Crippen LogP contribution in [0.5, 0.6) is 5.75 Å². The Morgan fingerprint density at radius 3 is 2.76 bits per heavy atom. The Balaban J connectivity index is 2.79. The molecule has 0 aromatic heterocycles. The zero-order chi connectivity index (χ0) is 12.8. The number of ether oxygens (including phenoxy) is 1. The van der Waals surface area contributed by atoms with Gasteiger partial charge in [-0.2, -0.15) is 0 Å². The highest BCUT2D eigenvalue weighted by molar-refractivity contribution is 5.44. The second-order valence-electron chi connectivity index (χ2n) is 3.58. The first kappa shape index (κ1) is 13.4. The Labute approximate surface area is 98.6 Å². The number of hydrogen-bond acceptors (Lipinski definition) is 5. The normalized spacial score (nSPS) is 12.2. The minimum absolute atomic E-state index is 0.124. The molecule has 0 saturated heterocycles. The van der Waals surface area contributed by atoms with Crippen LogP contribution in [0.2, 0.25) is 0 Å². The van der Waals surface area contributed by atoms with Crippen molar-refractivity contribution in [2.24, 2.45) is 0 Å². The summed E-state index contributed by atoms with van der Waals surface area (Å²) in [4.78, 5) is 10.1. The molecular formula is C11H15NO5. The van der Waals surface area contributed by atoms with Crippen molar-refractivity contribution in [3.8, 4) is 5.75 Å². The van der Waals surface area contributed by atoms with Crippen LogP contribution in [0, 0.1) is 10.1 Å². The van der Waals surface area contributed by atoms with Gasteiger partial charge in [-0.25, -0.2) is 0 Å². The molecular weight excluding hydrogens is 226 g/mol. The highest BCUT2D eigenvalue weighted by atomic mass is 16.6. The number of aliphatic hydroxyl groups excluding tert-OH is 2. The molecule has 0 heterocycles. The summed E-state index contributed by atoms with van der Waals surface area (Å²) < 4.78 is 5.25. The summed E-state index contributed by atoms with van der Waals surface area (Å²) in [5.41, 5.74) is 0.0504. The third-order valence-corrected chi connectivity index (χ3v) is 2.33. The van der Waals surface area contributed by atoms with Crippen molar-refractivity contribution in [2.45, 2.75) is 26.1 Å². The summed E-state index contributed by atoms with van der Waals surface area (Å²) in [5, 5.41) is 28.9. The fourth-order valence-electron chi connectivity index (χ4n) is 1.27. The van der Waals surface area contributed by atoms with E-state index in [-0.39, 0.29) is 17.9 Å². The predicted molar refractivity (Wildman–Crippen MR) is 60.8 cm³/mol. The SMILES string of the molecule is CC[C@H](O)COc1ccc([N+](=O)[O-])c(CO)c1. The van der Waals surface area contributed by atoms with Crippen molar-refractivity contribution < 1.29 is 19.9 Å². The quantitative estimate of drug-likeness (QED) is 0.577. The Morgan fingerprint density at radius 2 is 2.24 bits per heavy atom. The van der Waals surface area contributed by atoms with Crippen molar-refractivity contribution in [1.29, 1.82) is 0 Å². The molecule has 1 atom stereocenters. The Bertz CT molecular complexity index is 393. The van der Waals surface area contributed by atoms with Gasteiger partial charge >= 0.3 is 0 Å². The van der Waals surface area contributed by atoms with E-state index in [4.69, 9.17) is 9.84 Å². The number of rotatable bonds is 6. The Hall–Kier alpha value is -1.66. The van der Waals surface area contributed by atoms with Crippen LogP contribution in [0.25, 0.3) is 0 Å². The molecule has 17 heavy (non-hydrogen) atoms. The van der Waals surface area contributed by atoms with Gasteiger partial charge in [0.05, 0.1) is 23.2 Å². The summed E-state index contributed by atoms with van der Waals surface area (Å²) in [6.45, 7) is 1.52. The van der Waals surface area contributed by atoms with Crippen LogP contribution in [0.15, 0.2) is 18.2 Å². The number of aliphatic hydroxyl groups is 2. The van der Waals surface area contributed by atoms with Crippen molar-refractivity contribution >= 4 is 5.69 Å². The highest BCUT2D eigenvalue weighted by Crippen LogP contribution is 2.24. The lowest BCUT2D eigenvalue weighted by Crippen LogP contribution is -2.16. The highest BCUT2D eigenvalue weighted by Gasteiger charge is 2.14. The van der Waals surface area contributed by atoms with Crippen LogP contribution in [-0.4, -0.2) is 27.8 Å². The number of nitrogens with zero attached hydrogens (tertiary/aromatic N) is 1. The summed E-state index contributed by atoms with van der Waals surface area (Å²) in [5.74, 6) is 0.396. The molecule has 1 aromatic carbocycles. The zero-order valence-electron chi connectivity index (χ0n) is 9.50. The van der Waals surface area contributed by atoms with E-state index in [1.807, 2.05) is 6.92 Å². The largest absolute Gasteiger partial charge is 0.491 e. The number of benzene rings is 1. The molecule has 1 rings (SSSR count). The monoisotopic (exact) mass is 241 g/mol. The fraction of sp³-hybridized carbons (Fsp3) is 0.455. The third-order valence-electron chi connectivity index (χ3n) is 2.33. The van der Waals surface area contributed by atoms with E-state index in [1.54, 1.807) is 0 Å². The summed E-state index contributed by atoms with van der Waals surface area (Å²) in [7, 11) is 0. The summed E-state index contributed by atoms with van der Waals surface area (Å²) in [6, 6.07) is 4.12. The molecule has 6 nitrogen and oxygen atoms in total. The maximum Gasteiger partial charge on any atom is 0.275 e. The van der Waals surface area contributed by atoms with Crippen LogP contribution >= 0.6 is 0 Å². The number of hydrogen-bond donors (Lipinski definition) is 2. The van der Waals surface area contributed by atoms with Gasteiger partial charge in [0.15, 0.2) is 0 Å². The summed E-state index contributed by atoms with van der Waals surface area (Å²) >= 11 is 0. The maximum atomic E-state index is 10.6. The first-order chi connectivity index (χ1) is 8.08. The van der Waals surface area contributed by atoms with Crippen molar-refractivity contribution in [3.05, 3.63) is 33.9 Å². The first-order valence-corrected chi connectivity index (χ1v) is 5.27. The lowest BCUT2D eigenvalue weighted by atomic mass is 10.2. The molecule has 0 spiro atoms. The second-order valence-corrected chi connectivity index (χ2v) is 3.58. The van der Waals surface area contributed by atoms with Gasteiger partial charge in [-0.15, -0.1) is 0 Å². The van der Waals surface area contributed by atoms with Crippen molar-refractivity contribution in [1.82, 2.24) is 0 Å². The molecule has 2 N–H and O–H groups in total. The van der Waals surface area contributed by atoms with Crippen LogP contribution in [0.4, 0.5) is 5.69 Å². The lowest BCUT2D eigenvalue weighted by Gasteiger charge is -2.10. The zero-order valence-corrected chi connectivity index (χ0v) is 9.50. The van der Waals surface area contributed by atoms with Gasteiger partial charge in [0.25, 0.3) is 5.69 Å². The molecule has 0 saturated carbocycles. The predicted octanol–water partition coefficient (Wildman–Crippen LogP) is 1.24. The molecule has 6 heteroatoms. The minimum atomic E-state index is -0.567. The molecule has 0 unspecified atom stereocenters. The van der Waals surface area contributed by atoms with Gasteiger partial charge in [0.2, 0.25) is 0 Å². The molecule has 0 amide bonds. The molecule has 0 aliphatic carbocycles. The molecule has 0 fully saturated rings. The Morgan fingerprint density at radius 1 is 1.53 bits per heavy atom. The van der Waals surface area contributed by atoms with E-state index < -0.39 is 17.6 Å². The average molecular weight is 241 g/mol. The van der Waals surface area contributed by atoms with Gasteiger partial charge in [-0.05, 0) is 18.6 Å². The van der Waals surface area contributed by atoms with E-state index in [0.29, 0.717) is 12.2 Å². The Kier molecular flexibility index (Phi) is 4.86. The molecule has 0 bridgehead atoms. The van der Waals surface area contributed by atoms with Gasteiger partial charge < -0.3 is 14.9 Å². The van der Waals surface area contributed by atoms with Crippen LogP contribution in [-0.2, 0) is 6.61 Å². The average Bonchev–Trinajstić information content (AvgIpc) is 2.35. The van der Waals surface area contributed by atoms with Crippen LogP contribution in [0.1, 0.15) is 18.9 Å². The molecule has 1 aromatic rings. The van der Waals surface area contributed by atoms with Gasteiger partial charge in [-0.3, -0.25) is 10.1 Å².